The third kappa shape index (κ3) is 4.49. The molecule has 154 valence electrons. The summed E-state index contributed by atoms with van der Waals surface area (Å²) in [6, 6.07) is 15.6. The Balaban J connectivity index is 1.49. The first-order chi connectivity index (χ1) is 14.6. The van der Waals surface area contributed by atoms with Gasteiger partial charge in [0.15, 0.2) is 0 Å². The van der Waals surface area contributed by atoms with Gasteiger partial charge in [0.05, 0.1) is 13.2 Å². The highest BCUT2D eigenvalue weighted by molar-refractivity contribution is 5.98. The van der Waals surface area contributed by atoms with Crippen LogP contribution >= 0.6 is 0 Å². The number of nitrogens with one attached hydrogen (secondary N) is 1. The second-order valence-electron chi connectivity index (χ2n) is 7.53. The lowest BCUT2D eigenvalue weighted by molar-refractivity contribution is -0.120. The number of para-hydroxylation sites is 1. The summed E-state index contributed by atoms with van der Waals surface area (Å²) in [6.45, 7) is 3.45. The van der Waals surface area contributed by atoms with Gasteiger partial charge in [0.25, 0.3) is 0 Å². The second kappa shape index (κ2) is 9.05. The number of carbonyl (C=O) groups excluding carboxylic acids is 1. The molecule has 3 aromatic rings. The van der Waals surface area contributed by atoms with Gasteiger partial charge >= 0.3 is 0 Å². The molecule has 1 N–H and O–H groups in total. The minimum Gasteiger partial charge on any atom is -0.497 e. The molecule has 0 radical (unpaired) electrons. The fourth-order valence-corrected chi connectivity index (χ4v) is 3.88. The number of hydrogen-bond donors (Lipinski definition) is 1. The molecule has 0 bridgehead atoms. The van der Waals surface area contributed by atoms with Crippen molar-refractivity contribution in [2.75, 3.05) is 19.0 Å². The summed E-state index contributed by atoms with van der Waals surface area (Å²) in [7, 11) is 1.65. The van der Waals surface area contributed by atoms with E-state index in [2.05, 4.69) is 20.2 Å². The number of benzene rings is 2. The Hall–Kier alpha value is -3.25. The molecule has 1 atom stereocenters. The Morgan fingerprint density at radius 3 is 2.60 bits per heavy atom. The van der Waals surface area contributed by atoms with Crippen LogP contribution in [0.3, 0.4) is 0 Å². The molecule has 2 heterocycles. The predicted molar refractivity (Wildman–Crippen MR) is 117 cm³/mol. The van der Waals surface area contributed by atoms with Gasteiger partial charge in [-0.2, -0.15) is 0 Å². The smallest absolute Gasteiger partial charge is 0.241 e. The standard InChI is InChI=1S/C24H26N4O2/c1-17-25-14-18(15-26-17)16-28-13-5-8-23(28)24(29)27-22-7-4-3-6-21(22)19-9-11-20(30-2)12-10-19/h3-4,6-7,9-12,14-15,23H,5,8,13,16H2,1-2H3,(H,27,29)/t23-/m0/s1. The summed E-state index contributed by atoms with van der Waals surface area (Å²) in [6.07, 6.45) is 5.54. The molecular weight excluding hydrogens is 376 g/mol. The van der Waals surface area contributed by atoms with Gasteiger partial charge in [-0.15, -0.1) is 0 Å². The van der Waals surface area contributed by atoms with Crippen LogP contribution in [0.2, 0.25) is 0 Å². The number of likely N-dealkylation sites (tertiary alicyclic amines) is 1. The molecule has 2 aromatic carbocycles. The van der Waals surface area contributed by atoms with Gasteiger partial charge in [-0.05, 0) is 50.1 Å². The van der Waals surface area contributed by atoms with Gasteiger partial charge in [0.1, 0.15) is 11.6 Å². The van der Waals surface area contributed by atoms with Crippen LogP contribution in [0.1, 0.15) is 24.2 Å². The maximum absolute atomic E-state index is 13.1. The fraction of sp³-hybridized carbons (Fsp3) is 0.292. The van der Waals surface area contributed by atoms with Crippen LogP contribution in [0.5, 0.6) is 5.75 Å². The van der Waals surface area contributed by atoms with Crippen molar-refractivity contribution < 1.29 is 9.53 Å². The van der Waals surface area contributed by atoms with Crippen LogP contribution in [0.15, 0.2) is 60.9 Å². The van der Waals surface area contributed by atoms with E-state index in [0.717, 1.165) is 53.3 Å². The van der Waals surface area contributed by atoms with E-state index >= 15 is 0 Å². The monoisotopic (exact) mass is 402 g/mol. The number of anilines is 1. The number of hydrogen-bond acceptors (Lipinski definition) is 5. The average Bonchev–Trinajstić information content (AvgIpc) is 3.24. The van der Waals surface area contributed by atoms with Crippen LogP contribution < -0.4 is 10.1 Å². The number of aromatic nitrogens is 2. The number of amides is 1. The molecule has 0 aliphatic carbocycles. The zero-order chi connectivity index (χ0) is 20.9. The Kier molecular flexibility index (Phi) is 6.05. The lowest BCUT2D eigenvalue weighted by atomic mass is 10.0. The SMILES string of the molecule is COc1ccc(-c2ccccc2NC(=O)[C@@H]2CCCN2Cc2cnc(C)nc2)cc1. The Morgan fingerprint density at radius 2 is 1.87 bits per heavy atom. The third-order valence-electron chi connectivity index (χ3n) is 5.47. The molecule has 1 aromatic heterocycles. The van der Waals surface area contributed by atoms with Crippen molar-refractivity contribution in [2.24, 2.45) is 0 Å². The van der Waals surface area contributed by atoms with Crippen LogP contribution in [0, 0.1) is 6.92 Å². The Morgan fingerprint density at radius 1 is 1.13 bits per heavy atom. The molecule has 1 amide bonds. The molecule has 1 aliphatic rings. The molecule has 6 nitrogen and oxygen atoms in total. The highest BCUT2D eigenvalue weighted by atomic mass is 16.5. The van der Waals surface area contributed by atoms with Crippen molar-refractivity contribution in [3.63, 3.8) is 0 Å². The summed E-state index contributed by atoms with van der Waals surface area (Å²) < 4.78 is 5.25. The molecule has 4 rings (SSSR count). The van der Waals surface area contributed by atoms with Crippen molar-refractivity contribution in [3.05, 3.63) is 72.3 Å². The molecule has 30 heavy (non-hydrogen) atoms. The van der Waals surface area contributed by atoms with Gasteiger partial charge in [-0.25, -0.2) is 9.97 Å². The largest absolute Gasteiger partial charge is 0.497 e. The number of ether oxygens (including phenoxy) is 1. The Labute approximate surface area is 176 Å². The molecule has 1 aliphatic heterocycles. The number of aryl methyl sites for hydroxylation is 1. The second-order valence-corrected chi connectivity index (χ2v) is 7.53. The van der Waals surface area contributed by atoms with Gasteiger partial charge in [0.2, 0.25) is 5.91 Å². The topological polar surface area (TPSA) is 67.3 Å². The lowest BCUT2D eigenvalue weighted by Crippen LogP contribution is -2.39. The zero-order valence-corrected chi connectivity index (χ0v) is 17.3. The van der Waals surface area contributed by atoms with Gasteiger partial charge in [0, 0.05) is 35.8 Å². The molecule has 6 heteroatoms. The van der Waals surface area contributed by atoms with Gasteiger partial charge in [-0.3, -0.25) is 9.69 Å². The summed E-state index contributed by atoms with van der Waals surface area (Å²) in [4.78, 5) is 23.9. The van der Waals surface area contributed by atoms with E-state index in [1.54, 1.807) is 7.11 Å². The van der Waals surface area contributed by atoms with Crippen molar-refractivity contribution in [3.8, 4) is 16.9 Å². The number of methoxy groups -OCH3 is 1. The maximum Gasteiger partial charge on any atom is 0.241 e. The van der Waals surface area contributed by atoms with E-state index in [0.29, 0.717) is 6.54 Å². The normalized spacial score (nSPS) is 16.4. The lowest BCUT2D eigenvalue weighted by Gasteiger charge is -2.24. The summed E-state index contributed by atoms with van der Waals surface area (Å²) in [5, 5.41) is 3.16. The predicted octanol–water partition coefficient (Wildman–Crippen LogP) is 4.06. The number of rotatable bonds is 6. The first-order valence-electron chi connectivity index (χ1n) is 10.2. The fourth-order valence-electron chi connectivity index (χ4n) is 3.88. The maximum atomic E-state index is 13.1. The first kappa shape index (κ1) is 20.0. The van der Waals surface area contributed by atoms with E-state index in [9.17, 15) is 4.79 Å². The zero-order valence-electron chi connectivity index (χ0n) is 17.3. The highest BCUT2D eigenvalue weighted by Crippen LogP contribution is 2.30. The summed E-state index contributed by atoms with van der Waals surface area (Å²) in [5.74, 6) is 1.59. The summed E-state index contributed by atoms with van der Waals surface area (Å²) in [5.41, 5.74) is 3.87. The molecule has 0 saturated carbocycles. The van der Waals surface area contributed by atoms with E-state index < -0.39 is 0 Å². The van der Waals surface area contributed by atoms with Crippen LogP contribution in [0.25, 0.3) is 11.1 Å². The Bertz CT molecular complexity index is 1000. The van der Waals surface area contributed by atoms with Crippen LogP contribution in [-0.2, 0) is 11.3 Å². The summed E-state index contributed by atoms with van der Waals surface area (Å²) >= 11 is 0. The highest BCUT2D eigenvalue weighted by Gasteiger charge is 2.31. The van der Waals surface area contributed by atoms with Crippen molar-refractivity contribution >= 4 is 11.6 Å². The van der Waals surface area contributed by atoms with Crippen molar-refractivity contribution in [2.45, 2.75) is 32.4 Å². The molecule has 0 spiro atoms. The minimum absolute atomic E-state index is 0.0292. The van der Waals surface area contributed by atoms with Crippen LogP contribution in [-0.4, -0.2) is 40.5 Å². The molecular formula is C24H26N4O2. The third-order valence-corrected chi connectivity index (χ3v) is 5.47. The van der Waals surface area contributed by atoms with Crippen molar-refractivity contribution in [1.29, 1.82) is 0 Å². The van der Waals surface area contributed by atoms with E-state index in [4.69, 9.17) is 4.74 Å². The van der Waals surface area contributed by atoms with Crippen LogP contribution in [0.4, 0.5) is 5.69 Å². The quantitative estimate of drug-likeness (QED) is 0.673. The first-order valence-corrected chi connectivity index (χ1v) is 10.2. The van der Waals surface area contributed by atoms with E-state index in [-0.39, 0.29) is 11.9 Å². The molecule has 1 saturated heterocycles. The average molecular weight is 402 g/mol. The molecule has 0 unspecified atom stereocenters. The molecule has 1 fully saturated rings. The van der Waals surface area contributed by atoms with Crippen molar-refractivity contribution in [1.82, 2.24) is 14.9 Å². The van der Waals surface area contributed by atoms with E-state index in [1.807, 2.05) is 67.8 Å². The number of nitrogens with zero attached hydrogens (tertiary/aromatic N) is 3. The van der Waals surface area contributed by atoms with Gasteiger partial charge < -0.3 is 10.1 Å². The minimum atomic E-state index is -0.157. The number of carbonyl (C=O) groups is 1. The van der Waals surface area contributed by atoms with E-state index in [1.165, 1.54) is 0 Å². The van der Waals surface area contributed by atoms with Gasteiger partial charge in [-0.1, -0.05) is 30.3 Å².